The molecule has 0 aromatic rings. The summed E-state index contributed by atoms with van der Waals surface area (Å²) in [6.45, 7) is 11.0. The van der Waals surface area contributed by atoms with Crippen LogP contribution in [0.4, 0.5) is 0 Å². The minimum atomic E-state index is 0.394. The summed E-state index contributed by atoms with van der Waals surface area (Å²) < 4.78 is 5.59. The van der Waals surface area contributed by atoms with Gasteiger partial charge in [-0.15, -0.1) is 0 Å². The van der Waals surface area contributed by atoms with Gasteiger partial charge in [-0.25, -0.2) is 0 Å². The third-order valence-electron chi connectivity index (χ3n) is 4.52. The fourth-order valence-corrected chi connectivity index (χ4v) is 3.39. The molecule has 20 heavy (non-hydrogen) atoms. The van der Waals surface area contributed by atoms with Gasteiger partial charge in [-0.05, 0) is 50.7 Å². The average Bonchev–Trinajstić information content (AvgIpc) is 2.43. The van der Waals surface area contributed by atoms with Crippen LogP contribution in [0, 0.1) is 5.41 Å². The van der Waals surface area contributed by atoms with Crippen LogP contribution in [0.1, 0.15) is 40.0 Å². The maximum Gasteiger partial charge on any atom is 0.0472 e. The van der Waals surface area contributed by atoms with Crippen LogP contribution in [0.5, 0.6) is 0 Å². The molecule has 1 rings (SSSR count). The lowest BCUT2D eigenvalue weighted by Gasteiger charge is -2.42. The van der Waals surface area contributed by atoms with Crippen LogP contribution in [0.2, 0.25) is 0 Å². The first kappa shape index (κ1) is 18.3. The third kappa shape index (κ3) is 6.33. The third-order valence-corrected chi connectivity index (χ3v) is 5.16. The SMILES string of the molecule is CSCCC(C)N(C)CC1(CNC(C)C)CCOCC1. The summed E-state index contributed by atoms with van der Waals surface area (Å²) >= 11 is 1.95. The highest BCUT2D eigenvalue weighted by Gasteiger charge is 2.34. The molecular weight excluding hydrogens is 268 g/mol. The van der Waals surface area contributed by atoms with E-state index in [0.717, 1.165) is 19.8 Å². The number of rotatable bonds is 9. The van der Waals surface area contributed by atoms with Crippen LogP contribution in [-0.2, 0) is 4.74 Å². The highest BCUT2D eigenvalue weighted by Crippen LogP contribution is 2.31. The average molecular weight is 303 g/mol. The molecule has 1 fully saturated rings. The minimum absolute atomic E-state index is 0.394. The molecule has 0 aliphatic carbocycles. The number of nitrogens with zero attached hydrogens (tertiary/aromatic N) is 1. The van der Waals surface area contributed by atoms with E-state index in [-0.39, 0.29) is 0 Å². The zero-order valence-electron chi connectivity index (χ0n) is 14.1. The van der Waals surface area contributed by atoms with Gasteiger partial charge in [-0.1, -0.05) is 13.8 Å². The first-order chi connectivity index (χ1) is 9.49. The van der Waals surface area contributed by atoms with Crippen molar-refractivity contribution in [3.8, 4) is 0 Å². The van der Waals surface area contributed by atoms with E-state index in [0.29, 0.717) is 17.5 Å². The summed E-state index contributed by atoms with van der Waals surface area (Å²) in [6, 6.07) is 1.23. The van der Waals surface area contributed by atoms with E-state index in [2.05, 4.69) is 44.3 Å². The number of hydrogen-bond acceptors (Lipinski definition) is 4. The highest BCUT2D eigenvalue weighted by atomic mass is 32.2. The van der Waals surface area contributed by atoms with Gasteiger partial charge >= 0.3 is 0 Å². The van der Waals surface area contributed by atoms with Gasteiger partial charge in [0.15, 0.2) is 0 Å². The quantitative estimate of drug-likeness (QED) is 0.708. The molecule has 0 saturated carbocycles. The summed E-state index contributed by atoms with van der Waals surface area (Å²) in [5.41, 5.74) is 0.394. The summed E-state index contributed by atoms with van der Waals surface area (Å²) in [5, 5.41) is 3.66. The predicted molar refractivity (Wildman–Crippen MR) is 90.7 cm³/mol. The lowest BCUT2D eigenvalue weighted by Crippen LogP contribution is -2.49. The Balaban J connectivity index is 2.54. The molecule has 1 atom stereocenters. The van der Waals surface area contributed by atoms with E-state index in [1.54, 1.807) is 0 Å². The molecule has 0 bridgehead atoms. The Morgan fingerprint density at radius 3 is 2.45 bits per heavy atom. The Hall–Kier alpha value is 0.230. The van der Waals surface area contributed by atoms with Gasteiger partial charge in [0.05, 0.1) is 0 Å². The van der Waals surface area contributed by atoms with Crippen molar-refractivity contribution < 1.29 is 4.74 Å². The Morgan fingerprint density at radius 2 is 1.90 bits per heavy atom. The fraction of sp³-hybridized carbons (Fsp3) is 1.00. The largest absolute Gasteiger partial charge is 0.381 e. The second-order valence-corrected chi connectivity index (χ2v) is 7.68. The zero-order valence-corrected chi connectivity index (χ0v) is 14.9. The number of ether oxygens (including phenoxy) is 1. The molecule has 1 N–H and O–H groups in total. The van der Waals surface area contributed by atoms with Crippen LogP contribution in [0.25, 0.3) is 0 Å². The van der Waals surface area contributed by atoms with Crippen LogP contribution < -0.4 is 5.32 Å². The molecule has 3 nitrogen and oxygen atoms in total. The fourth-order valence-electron chi connectivity index (χ4n) is 2.81. The van der Waals surface area contributed by atoms with Gasteiger partial charge in [0, 0.05) is 38.4 Å². The standard InChI is InChI=1S/C16H34N2OS/c1-14(2)17-12-16(7-9-19-10-8-16)13-18(4)15(3)6-11-20-5/h14-15,17H,6-13H2,1-5H3. The monoisotopic (exact) mass is 302 g/mol. The topological polar surface area (TPSA) is 24.5 Å². The van der Waals surface area contributed by atoms with Crippen LogP contribution in [0.3, 0.4) is 0 Å². The van der Waals surface area contributed by atoms with Gasteiger partial charge in [0.25, 0.3) is 0 Å². The van der Waals surface area contributed by atoms with Crippen molar-refractivity contribution in [3.63, 3.8) is 0 Å². The van der Waals surface area contributed by atoms with Gasteiger partial charge in [-0.2, -0.15) is 11.8 Å². The van der Waals surface area contributed by atoms with E-state index in [4.69, 9.17) is 4.74 Å². The maximum atomic E-state index is 5.59. The Morgan fingerprint density at radius 1 is 1.25 bits per heavy atom. The summed E-state index contributed by atoms with van der Waals surface area (Å²) in [4.78, 5) is 2.56. The predicted octanol–water partition coefficient (Wildman–Crippen LogP) is 2.85. The Kier molecular flexibility index (Phi) is 8.49. The molecule has 1 saturated heterocycles. The van der Waals surface area contributed by atoms with Crippen LogP contribution >= 0.6 is 11.8 Å². The van der Waals surface area contributed by atoms with Crippen LogP contribution in [-0.4, -0.2) is 62.3 Å². The summed E-state index contributed by atoms with van der Waals surface area (Å²) in [5.74, 6) is 1.26. The second kappa shape index (κ2) is 9.29. The van der Waals surface area contributed by atoms with E-state index in [1.165, 1.54) is 31.6 Å². The first-order valence-electron chi connectivity index (χ1n) is 7.99. The molecule has 0 aromatic heterocycles. The normalized spacial score (nSPS) is 20.6. The second-order valence-electron chi connectivity index (χ2n) is 6.69. The lowest BCUT2D eigenvalue weighted by molar-refractivity contribution is -0.00659. The molecule has 0 radical (unpaired) electrons. The van der Waals surface area contributed by atoms with Crippen LogP contribution in [0.15, 0.2) is 0 Å². The van der Waals surface area contributed by atoms with Crippen molar-refractivity contribution >= 4 is 11.8 Å². The molecule has 1 aliphatic heterocycles. The molecule has 1 aliphatic rings. The summed E-state index contributed by atoms with van der Waals surface area (Å²) in [7, 11) is 2.29. The molecule has 0 aromatic carbocycles. The lowest BCUT2D eigenvalue weighted by atomic mass is 9.79. The maximum absolute atomic E-state index is 5.59. The van der Waals surface area contributed by atoms with Crippen molar-refractivity contribution in [2.75, 3.05) is 45.4 Å². The minimum Gasteiger partial charge on any atom is -0.381 e. The van der Waals surface area contributed by atoms with E-state index in [1.807, 2.05) is 11.8 Å². The molecule has 1 unspecified atom stereocenters. The Bertz CT molecular complexity index is 255. The number of nitrogens with one attached hydrogen (secondary N) is 1. The van der Waals surface area contributed by atoms with Gasteiger partial charge in [-0.3, -0.25) is 0 Å². The Labute approximate surface area is 130 Å². The van der Waals surface area contributed by atoms with Gasteiger partial charge in [0.2, 0.25) is 0 Å². The van der Waals surface area contributed by atoms with Gasteiger partial charge < -0.3 is 15.0 Å². The van der Waals surface area contributed by atoms with Crippen molar-refractivity contribution in [1.29, 1.82) is 0 Å². The van der Waals surface area contributed by atoms with Crippen molar-refractivity contribution in [2.45, 2.75) is 52.1 Å². The number of hydrogen-bond donors (Lipinski definition) is 1. The molecule has 1 heterocycles. The first-order valence-corrected chi connectivity index (χ1v) is 9.39. The zero-order chi connectivity index (χ0) is 15.0. The van der Waals surface area contributed by atoms with Gasteiger partial charge in [0.1, 0.15) is 0 Å². The smallest absolute Gasteiger partial charge is 0.0472 e. The van der Waals surface area contributed by atoms with Crippen molar-refractivity contribution in [2.24, 2.45) is 5.41 Å². The molecular formula is C16H34N2OS. The molecule has 4 heteroatoms. The van der Waals surface area contributed by atoms with Crippen molar-refractivity contribution in [3.05, 3.63) is 0 Å². The molecule has 0 spiro atoms. The molecule has 120 valence electrons. The number of thioether (sulfide) groups is 1. The van der Waals surface area contributed by atoms with Crippen molar-refractivity contribution in [1.82, 2.24) is 10.2 Å². The molecule has 0 amide bonds. The highest BCUT2D eigenvalue weighted by molar-refractivity contribution is 7.98. The van der Waals surface area contributed by atoms with E-state index in [9.17, 15) is 0 Å². The van der Waals surface area contributed by atoms with E-state index >= 15 is 0 Å². The van der Waals surface area contributed by atoms with E-state index < -0.39 is 0 Å². The summed E-state index contributed by atoms with van der Waals surface area (Å²) in [6.07, 6.45) is 5.85.